The highest BCUT2D eigenvalue weighted by atomic mass is 32.1. The maximum atomic E-state index is 4.42. The predicted octanol–water partition coefficient (Wildman–Crippen LogP) is 9.52. The van der Waals surface area contributed by atoms with Crippen LogP contribution in [0, 0.1) is 18.8 Å². The number of thiophene rings is 3. The van der Waals surface area contributed by atoms with Crippen molar-refractivity contribution >= 4 is 50.7 Å². The maximum Gasteiger partial charge on any atom is 0.139 e. The molecule has 0 spiro atoms. The van der Waals surface area contributed by atoms with Crippen molar-refractivity contribution in [3.63, 3.8) is 0 Å². The van der Waals surface area contributed by atoms with Gasteiger partial charge in [0.1, 0.15) is 11.6 Å². The lowest BCUT2D eigenvalue weighted by Crippen LogP contribution is -2.25. The first-order valence-corrected chi connectivity index (χ1v) is 16.9. The molecule has 1 fully saturated rings. The molecule has 1 aliphatic rings. The van der Waals surface area contributed by atoms with Crippen LogP contribution >= 0.6 is 34.0 Å². The van der Waals surface area contributed by atoms with E-state index in [0.717, 1.165) is 40.9 Å². The van der Waals surface area contributed by atoms with Gasteiger partial charge < -0.3 is 10.2 Å². The van der Waals surface area contributed by atoms with Gasteiger partial charge in [0.25, 0.3) is 0 Å². The van der Waals surface area contributed by atoms with Crippen LogP contribution in [-0.4, -0.2) is 30.6 Å². The first-order valence-electron chi connectivity index (χ1n) is 14.3. The van der Waals surface area contributed by atoms with E-state index in [0.29, 0.717) is 0 Å². The number of aryl methyl sites for hydroxylation is 1. The van der Waals surface area contributed by atoms with Crippen LogP contribution in [0.2, 0.25) is 0 Å². The molecule has 0 bridgehead atoms. The first kappa shape index (κ1) is 28.9. The highest BCUT2D eigenvalue weighted by molar-refractivity contribution is 7.26. The zero-order chi connectivity index (χ0) is 27.9. The van der Waals surface area contributed by atoms with Crippen molar-refractivity contribution in [1.29, 1.82) is 0 Å². The second-order valence-electron chi connectivity index (χ2n) is 10.8. The van der Waals surface area contributed by atoms with E-state index in [1.165, 1.54) is 63.0 Å². The van der Waals surface area contributed by atoms with Gasteiger partial charge in [-0.15, -0.1) is 34.0 Å². The summed E-state index contributed by atoms with van der Waals surface area (Å²) in [6, 6.07) is 21.5. The smallest absolute Gasteiger partial charge is 0.139 e. The molecule has 0 unspecified atom stereocenters. The van der Waals surface area contributed by atoms with Crippen LogP contribution < -0.4 is 10.2 Å². The van der Waals surface area contributed by atoms with Crippen LogP contribution in [0.3, 0.4) is 0 Å². The maximum absolute atomic E-state index is 4.42. The van der Waals surface area contributed by atoms with E-state index in [2.05, 4.69) is 64.0 Å². The van der Waals surface area contributed by atoms with Gasteiger partial charge in [-0.3, -0.25) is 0 Å². The molecular weight excluding hydrogens is 549 g/mol. The lowest BCUT2D eigenvalue weighted by Gasteiger charge is -2.27. The standard InChI is InChI=1S/C22H27NS3.C11H13N3/c1-2-16-5-7-17(8-6-16)14-23-15-18-9-10-21(25-18)22-12-11-20(26-22)19-4-3-13-24-19;1-8-12-10-7-5-4-6-9(10)11(13-8)14(2)3/h3-4,9-13,16-17,23H,2,5-8,14-15H2,1H3;4-7H,1-3H3. The molecule has 4 nitrogen and oxygen atoms in total. The number of para-hydroxylation sites is 1. The minimum atomic E-state index is 0.812. The summed E-state index contributed by atoms with van der Waals surface area (Å²) in [7, 11) is 3.99. The summed E-state index contributed by atoms with van der Waals surface area (Å²) in [6.07, 6.45) is 7.09. The number of hydrogen-bond donors (Lipinski definition) is 1. The van der Waals surface area contributed by atoms with Gasteiger partial charge in [-0.25, -0.2) is 9.97 Å². The summed E-state index contributed by atoms with van der Waals surface area (Å²) in [4.78, 5) is 17.8. The Bertz CT molecular complexity index is 1480. The Labute approximate surface area is 251 Å². The van der Waals surface area contributed by atoms with Gasteiger partial charge >= 0.3 is 0 Å². The number of nitrogens with zero attached hydrogens (tertiary/aromatic N) is 3. The minimum Gasteiger partial charge on any atom is -0.362 e. The Hall–Kier alpha value is -2.58. The second-order valence-corrected chi connectivity index (χ2v) is 14.0. The molecule has 210 valence electrons. The molecule has 0 atom stereocenters. The zero-order valence-electron chi connectivity index (χ0n) is 24.0. The van der Waals surface area contributed by atoms with Gasteiger partial charge in [-0.2, -0.15) is 0 Å². The normalized spacial score (nSPS) is 17.0. The largest absolute Gasteiger partial charge is 0.362 e. The van der Waals surface area contributed by atoms with E-state index in [1.54, 1.807) is 0 Å². The monoisotopic (exact) mass is 588 g/mol. The van der Waals surface area contributed by atoms with Gasteiger partial charge in [0.05, 0.1) is 5.52 Å². The number of benzene rings is 1. The SMILES string of the molecule is CCC1CCC(CNCc2ccc(-c3ccc(-c4cccs4)s3)s2)CC1.Cc1nc(N(C)C)c2ccccc2n1. The van der Waals surface area contributed by atoms with E-state index >= 15 is 0 Å². The predicted molar refractivity (Wildman–Crippen MR) is 177 cm³/mol. The molecule has 1 aliphatic carbocycles. The Balaban J connectivity index is 0.000000194. The highest BCUT2D eigenvalue weighted by Crippen LogP contribution is 2.39. The van der Waals surface area contributed by atoms with Crippen molar-refractivity contribution in [2.45, 2.75) is 52.5 Å². The highest BCUT2D eigenvalue weighted by Gasteiger charge is 2.19. The van der Waals surface area contributed by atoms with Gasteiger partial charge in [0.2, 0.25) is 0 Å². The molecule has 1 N–H and O–H groups in total. The van der Waals surface area contributed by atoms with Gasteiger partial charge in [-0.05, 0) is 86.0 Å². The second kappa shape index (κ2) is 13.9. The molecule has 4 aromatic heterocycles. The topological polar surface area (TPSA) is 41.1 Å². The van der Waals surface area contributed by atoms with E-state index in [4.69, 9.17) is 0 Å². The fourth-order valence-corrected chi connectivity index (χ4v) is 8.29. The van der Waals surface area contributed by atoms with Crippen molar-refractivity contribution in [2.24, 2.45) is 11.8 Å². The molecule has 1 aromatic carbocycles. The van der Waals surface area contributed by atoms with Crippen LogP contribution in [-0.2, 0) is 6.54 Å². The molecule has 0 aliphatic heterocycles. The fourth-order valence-electron chi connectivity index (χ4n) is 5.38. The third-order valence-corrected chi connectivity index (χ3v) is 11.1. The number of anilines is 1. The van der Waals surface area contributed by atoms with Crippen LogP contribution in [0.4, 0.5) is 5.82 Å². The van der Waals surface area contributed by atoms with E-state index in [9.17, 15) is 0 Å². The molecule has 5 aromatic rings. The van der Waals surface area contributed by atoms with Gasteiger partial charge in [-0.1, -0.05) is 44.4 Å². The van der Waals surface area contributed by atoms with Crippen molar-refractivity contribution in [3.8, 4) is 19.5 Å². The quantitative estimate of drug-likeness (QED) is 0.196. The Morgan fingerprint density at radius 3 is 2.23 bits per heavy atom. The average Bonchev–Trinajstić information content (AvgIpc) is 3.75. The van der Waals surface area contributed by atoms with Crippen LogP contribution in [0.15, 0.2) is 66.0 Å². The lowest BCUT2D eigenvalue weighted by atomic mass is 9.81. The van der Waals surface area contributed by atoms with Gasteiger partial charge in [0, 0.05) is 50.4 Å². The summed E-state index contributed by atoms with van der Waals surface area (Å²) in [6.45, 7) is 6.46. The number of aromatic nitrogens is 2. The molecule has 0 radical (unpaired) electrons. The number of nitrogens with one attached hydrogen (secondary N) is 1. The first-order chi connectivity index (χ1) is 19.5. The van der Waals surface area contributed by atoms with Crippen molar-refractivity contribution in [1.82, 2.24) is 15.3 Å². The summed E-state index contributed by atoms with van der Waals surface area (Å²) < 4.78 is 0. The zero-order valence-corrected chi connectivity index (χ0v) is 26.5. The Morgan fingerprint density at radius 1 is 0.800 bits per heavy atom. The third-order valence-electron chi connectivity index (χ3n) is 7.67. The summed E-state index contributed by atoms with van der Waals surface area (Å²) in [5.74, 6) is 3.68. The van der Waals surface area contributed by atoms with Crippen molar-refractivity contribution in [2.75, 3.05) is 25.5 Å². The lowest BCUT2D eigenvalue weighted by molar-refractivity contribution is 0.262. The van der Waals surface area contributed by atoms with Crippen molar-refractivity contribution in [3.05, 3.63) is 76.7 Å². The minimum absolute atomic E-state index is 0.812. The Morgan fingerprint density at radius 2 is 1.50 bits per heavy atom. The summed E-state index contributed by atoms with van der Waals surface area (Å²) >= 11 is 5.66. The van der Waals surface area contributed by atoms with Crippen LogP contribution in [0.25, 0.3) is 30.4 Å². The third kappa shape index (κ3) is 7.38. The van der Waals surface area contributed by atoms with Gasteiger partial charge in [0.15, 0.2) is 0 Å². The number of fused-ring (bicyclic) bond motifs is 1. The average molecular weight is 589 g/mol. The molecule has 4 heterocycles. The van der Waals surface area contributed by atoms with Crippen molar-refractivity contribution < 1.29 is 0 Å². The van der Waals surface area contributed by atoms with Crippen LogP contribution in [0.1, 0.15) is 49.7 Å². The molecule has 7 heteroatoms. The molecule has 1 saturated carbocycles. The van der Waals surface area contributed by atoms with E-state index in [-0.39, 0.29) is 0 Å². The fraction of sp³-hybridized carbons (Fsp3) is 0.394. The molecule has 40 heavy (non-hydrogen) atoms. The molecular formula is C33H40N4S3. The van der Waals surface area contributed by atoms with Crippen LogP contribution in [0.5, 0.6) is 0 Å². The number of rotatable bonds is 8. The van der Waals surface area contributed by atoms with E-state index in [1.807, 2.05) is 84.2 Å². The Kier molecular flexibility index (Phi) is 10.0. The summed E-state index contributed by atoms with van der Waals surface area (Å²) in [5, 5.41) is 6.96. The summed E-state index contributed by atoms with van der Waals surface area (Å²) in [5.41, 5.74) is 1.00. The molecule has 0 amide bonds. The number of hydrogen-bond acceptors (Lipinski definition) is 7. The molecule has 6 rings (SSSR count). The van der Waals surface area contributed by atoms with E-state index < -0.39 is 0 Å². The molecule has 0 saturated heterocycles.